The van der Waals surface area contributed by atoms with Crippen LogP contribution in [0.1, 0.15) is 30.5 Å². The van der Waals surface area contributed by atoms with Crippen molar-refractivity contribution in [3.63, 3.8) is 0 Å². The molecule has 2 heteroatoms. The molecule has 1 N–H and O–H groups in total. The van der Waals surface area contributed by atoms with E-state index < -0.39 is 0 Å². The highest BCUT2D eigenvalue weighted by atomic mass is 16.3. The van der Waals surface area contributed by atoms with E-state index >= 15 is 0 Å². The van der Waals surface area contributed by atoms with Crippen LogP contribution in [-0.2, 0) is 6.42 Å². The lowest BCUT2D eigenvalue weighted by Gasteiger charge is -2.14. The van der Waals surface area contributed by atoms with Crippen LogP contribution >= 0.6 is 0 Å². The van der Waals surface area contributed by atoms with Crippen molar-refractivity contribution in [1.29, 1.82) is 0 Å². The molecule has 0 spiro atoms. The summed E-state index contributed by atoms with van der Waals surface area (Å²) in [5, 5.41) is 9.28. The Morgan fingerprint density at radius 3 is 2.50 bits per heavy atom. The number of benzene rings is 2. The van der Waals surface area contributed by atoms with Crippen LogP contribution in [0.15, 0.2) is 54.6 Å². The standard InChI is InChI=1S/C18H21NO/c1-14(7-8-15-9-11-17(20)12-10-15)19-13-18(19)16-5-3-2-4-6-16/h2-6,9-12,14,18,20H,7-8,13H2,1H3. The molecular weight excluding hydrogens is 246 g/mol. The van der Waals surface area contributed by atoms with E-state index in [2.05, 4.69) is 42.2 Å². The van der Waals surface area contributed by atoms with E-state index in [-0.39, 0.29) is 0 Å². The summed E-state index contributed by atoms with van der Waals surface area (Å²) >= 11 is 0. The molecule has 0 amide bonds. The van der Waals surface area contributed by atoms with Crippen LogP contribution in [0.4, 0.5) is 0 Å². The highest BCUT2D eigenvalue weighted by molar-refractivity contribution is 5.26. The summed E-state index contributed by atoms with van der Waals surface area (Å²) < 4.78 is 0. The summed E-state index contributed by atoms with van der Waals surface area (Å²) in [4.78, 5) is 2.55. The maximum atomic E-state index is 9.28. The number of phenols is 1. The van der Waals surface area contributed by atoms with Gasteiger partial charge in [0.05, 0.1) is 0 Å². The molecule has 1 saturated heterocycles. The van der Waals surface area contributed by atoms with Crippen molar-refractivity contribution in [3.8, 4) is 5.75 Å². The van der Waals surface area contributed by atoms with Crippen molar-refractivity contribution in [2.45, 2.75) is 31.8 Å². The molecule has 0 aliphatic carbocycles. The zero-order valence-corrected chi connectivity index (χ0v) is 11.9. The molecule has 20 heavy (non-hydrogen) atoms. The van der Waals surface area contributed by atoms with Crippen LogP contribution in [-0.4, -0.2) is 22.6 Å². The molecule has 104 valence electrons. The minimum Gasteiger partial charge on any atom is -0.508 e. The second kappa shape index (κ2) is 5.68. The number of hydrogen-bond acceptors (Lipinski definition) is 2. The lowest BCUT2D eigenvalue weighted by Crippen LogP contribution is -2.15. The van der Waals surface area contributed by atoms with Crippen LogP contribution in [0, 0.1) is 0 Å². The van der Waals surface area contributed by atoms with Gasteiger partial charge in [0.1, 0.15) is 5.75 Å². The Balaban J connectivity index is 1.51. The van der Waals surface area contributed by atoms with Crippen molar-refractivity contribution >= 4 is 0 Å². The van der Waals surface area contributed by atoms with Crippen molar-refractivity contribution < 1.29 is 5.11 Å². The molecule has 1 aliphatic heterocycles. The summed E-state index contributed by atoms with van der Waals surface area (Å²) in [6.07, 6.45) is 2.23. The molecule has 0 aromatic heterocycles. The predicted molar refractivity (Wildman–Crippen MR) is 81.8 cm³/mol. The predicted octanol–water partition coefficient (Wildman–Crippen LogP) is 3.77. The van der Waals surface area contributed by atoms with Crippen molar-refractivity contribution in [2.75, 3.05) is 6.54 Å². The molecule has 1 heterocycles. The topological polar surface area (TPSA) is 23.2 Å². The smallest absolute Gasteiger partial charge is 0.115 e. The largest absolute Gasteiger partial charge is 0.508 e. The van der Waals surface area contributed by atoms with Gasteiger partial charge in [0.15, 0.2) is 0 Å². The Kier molecular flexibility index (Phi) is 3.75. The Morgan fingerprint density at radius 1 is 1.10 bits per heavy atom. The number of hydrogen-bond donors (Lipinski definition) is 1. The van der Waals surface area contributed by atoms with Gasteiger partial charge in [-0.15, -0.1) is 0 Å². The first kappa shape index (κ1) is 13.2. The van der Waals surface area contributed by atoms with Gasteiger partial charge in [-0.2, -0.15) is 0 Å². The van der Waals surface area contributed by atoms with Crippen LogP contribution in [0.5, 0.6) is 5.75 Å². The van der Waals surface area contributed by atoms with E-state index in [0.29, 0.717) is 17.8 Å². The summed E-state index contributed by atoms with van der Waals surface area (Å²) in [7, 11) is 0. The van der Waals surface area contributed by atoms with Gasteiger partial charge in [-0.1, -0.05) is 42.5 Å². The van der Waals surface area contributed by atoms with Gasteiger partial charge in [-0.25, -0.2) is 0 Å². The summed E-state index contributed by atoms with van der Waals surface area (Å²) in [6.45, 7) is 3.49. The summed E-state index contributed by atoms with van der Waals surface area (Å²) in [5.74, 6) is 0.344. The lowest BCUT2D eigenvalue weighted by atomic mass is 10.1. The van der Waals surface area contributed by atoms with Gasteiger partial charge in [0.2, 0.25) is 0 Å². The first-order valence-corrected chi connectivity index (χ1v) is 7.32. The van der Waals surface area contributed by atoms with Crippen LogP contribution < -0.4 is 0 Å². The third-order valence-electron chi connectivity index (χ3n) is 4.19. The highest BCUT2D eigenvalue weighted by Gasteiger charge is 2.38. The van der Waals surface area contributed by atoms with E-state index in [1.54, 1.807) is 12.1 Å². The van der Waals surface area contributed by atoms with E-state index in [9.17, 15) is 5.11 Å². The summed E-state index contributed by atoms with van der Waals surface area (Å²) in [5.41, 5.74) is 2.73. The number of aryl methyl sites for hydroxylation is 1. The van der Waals surface area contributed by atoms with E-state index in [4.69, 9.17) is 0 Å². The maximum absolute atomic E-state index is 9.28. The Labute approximate surface area is 120 Å². The van der Waals surface area contributed by atoms with Crippen molar-refractivity contribution in [3.05, 3.63) is 65.7 Å². The molecule has 3 unspecified atom stereocenters. The number of aromatic hydroxyl groups is 1. The van der Waals surface area contributed by atoms with E-state index in [1.165, 1.54) is 17.7 Å². The number of phenolic OH excluding ortho intramolecular Hbond substituents is 1. The molecule has 0 saturated carbocycles. The molecule has 3 atom stereocenters. The average molecular weight is 267 g/mol. The minimum absolute atomic E-state index is 0.344. The van der Waals surface area contributed by atoms with Crippen molar-refractivity contribution in [1.82, 2.24) is 4.90 Å². The zero-order valence-electron chi connectivity index (χ0n) is 11.9. The normalized spacial score (nSPS) is 22.4. The average Bonchev–Trinajstić information content (AvgIpc) is 3.28. The Morgan fingerprint density at radius 2 is 1.80 bits per heavy atom. The Hall–Kier alpha value is -1.80. The van der Waals surface area contributed by atoms with Crippen LogP contribution in [0.3, 0.4) is 0 Å². The number of rotatable bonds is 5. The third-order valence-corrected chi connectivity index (χ3v) is 4.19. The van der Waals surface area contributed by atoms with Gasteiger partial charge in [0, 0.05) is 18.6 Å². The second-order valence-corrected chi connectivity index (χ2v) is 5.68. The fourth-order valence-corrected chi connectivity index (χ4v) is 2.82. The number of nitrogens with zero attached hydrogens (tertiary/aromatic N) is 1. The summed E-state index contributed by atoms with van der Waals surface area (Å²) in [6, 6.07) is 19.5. The maximum Gasteiger partial charge on any atom is 0.115 e. The first-order valence-electron chi connectivity index (χ1n) is 7.32. The van der Waals surface area contributed by atoms with E-state index in [1.807, 2.05) is 12.1 Å². The monoisotopic (exact) mass is 267 g/mol. The van der Waals surface area contributed by atoms with Gasteiger partial charge in [-0.3, -0.25) is 4.90 Å². The molecule has 0 radical (unpaired) electrons. The molecule has 2 aromatic carbocycles. The minimum atomic E-state index is 0.344. The van der Waals surface area contributed by atoms with Gasteiger partial charge < -0.3 is 5.11 Å². The molecule has 2 nitrogen and oxygen atoms in total. The van der Waals surface area contributed by atoms with Gasteiger partial charge >= 0.3 is 0 Å². The fourth-order valence-electron chi connectivity index (χ4n) is 2.82. The van der Waals surface area contributed by atoms with Gasteiger partial charge in [0.25, 0.3) is 0 Å². The quantitative estimate of drug-likeness (QED) is 0.833. The van der Waals surface area contributed by atoms with Crippen LogP contribution in [0.25, 0.3) is 0 Å². The molecule has 2 aromatic rings. The second-order valence-electron chi connectivity index (χ2n) is 5.68. The van der Waals surface area contributed by atoms with E-state index in [0.717, 1.165) is 12.8 Å². The fraction of sp³-hybridized carbons (Fsp3) is 0.333. The molecule has 1 fully saturated rings. The van der Waals surface area contributed by atoms with Crippen LogP contribution in [0.2, 0.25) is 0 Å². The first-order chi connectivity index (χ1) is 9.74. The lowest BCUT2D eigenvalue weighted by molar-refractivity contribution is 0.376. The molecule has 0 bridgehead atoms. The van der Waals surface area contributed by atoms with Gasteiger partial charge in [-0.05, 0) is 43.0 Å². The molecule has 1 aliphatic rings. The zero-order chi connectivity index (χ0) is 13.9. The SMILES string of the molecule is CC(CCc1ccc(O)cc1)N1CC1c1ccccc1. The molecule has 3 rings (SSSR count). The molecular formula is C18H21NO. The Bertz CT molecular complexity index is 549. The van der Waals surface area contributed by atoms with Crippen molar-refractivity contribution in [2.24, 2.45) is 0 Å². The third kappa shape index (κ3) is 3.02. The highest BCUT2D eigenvalue weighted by Crippen LogP contribution is 2.37.